The Kier molecular flexibility index (Phi) is 2.37. The van der Waals surface area contributed by atoms with Crippen molar-refractivity contribution in [2.75, 3.05) is 7.05 Å². The fourth-order valence-electron chi connectivity index (χ4n) is 1.56. The topological polar surface area (TPSA) is 45.6 Å². The second kappa shape index (κ2) is 3.67. The van der Waals surface area contributed by atoms with Gasteiger partial charge in [0.1, 0.15) is 5.69 Å². The first kappa shape index (κ1) is 9.02. The second-order valence-corrected chi connectivity index (χ2v) is 3.29. The number of rotatable bonds is 3. The van der Waals surface area contributed by atoms with Crippen molar-refractivity contribution in [1.82, 2.24) is 20.1 Å². The molecule has 2 heterocycles. The third-order valence-electron chi connectivity index (χ3n) is 2.12. The van der Waals surface area contributed by atoms with Crippen molar-refractivity contribution in [3.8, 4) is 11.4 Å². The Bertz CT molecular complexity index is 400. The van der Waals surface area contributed by atoms with Crippen molar-refractivity contribution in [3.63, 3.8) is 0 Å². The van der Waals surface area contributed by atoms with Gasteiger partial charge in [-0.15, -0.1) is 0 Å². The van der Waals surface area contributed by atoms with Crippen molar-refractivity contribution >= 4 is 0 Å². The van der Waals surface area contributed by atoms with Crippen LogP contribution in [0.4, 0.5) is 0 Å². The molecule has 0 spiro atoms. The molecule has 0 aliphatic heterocycles. The average molecular weight is 190 g/mol. The van der Waals surface area contributed by atoms with Gasteiger partial charge in [0.05, 0.1) is 5.69 Å². The highest BCUT2D eigenvalue weighted by Crippen LogP contribution is 2.19. The molecule has 0 amide bonds. The summed E-state index contributed by atoms with van der Waals surface area (Å²) < 4.78 is 1.84. The standard InChI is InChI=1S/C10H14N4/c1-11-6-8-7-14(2)13-10(8)9-4-3-5-12-9/h3-5,7,11-12H,6H2,1-2H3. The SMILES string of the molecule is CNCc1cn(C)nc1-c1ccc[nH]1. The highest BCUT2D eigenvalue weighted by Gasteiger charge is 2.09. The maximum Gasteiger partial charge on any atom is 0.113 e. The van der Waals surface area contributed by atoms with Crippen LogP contribution in [0.3, 0.4) is 0 Å². The first-order valence-corrected chi connectivity index (χ1v) is 4.62. The third-order valence-corrected chi connectivity index (χ3v) is 2.12. The number of hydrogen-bond acceptors (Lipinski definition) is 2. The van der Waals surface area contributed by atoms with Gasteiger partial charge in [0.25, 0.3) is 0 Å². The lowest BCUT2D eigenvalue weighted by Gasteiger charge is -1.98. The maximum atomic E-state index is 4.42. The van der Waals surface area contributed by atoms with E-state index in [9.17, 15) is 0 Å². The molecule has 0 radical (unpaired) electrons. The summed E-state index contributed by atoms with van der Waals surface area (Å²) in [6.45, 7) is 0.836. The van der Waals surface area contributed by atoms with Gasteiger partial charge in [0, 0.05) is 31.5 Å². The number of aryl methyl sites for hydroxylation is 1. The molecule has 0 aliphatic carbocycles. The number of hydrogen-bond donors (Lipinski definition) is 2. The predicted octanol–water partition coefficient (Wildman–Crippen LogP) is 1.13. The van der Waals surface area contributed by atoms with Crippen molar-refractivity contribution in [3.05, 3.63) is 30.1 Å². The Morgan fingerprint density at radius 3 is 3.07 bits per heavy atom. The summed E-state index contributed by atoms with van der Waals surface area (Å²) in [5, 5.41) is 7.55. The summed E-state index contributed by atoms with van der Waals surface area (Å²) in [5.74, 6) is 0. The van der Waals surface area contributed by atoms with Gasteiger partial charge in [-0.05, 0) is 19.2 Å². The Labute approximate surface area is 82.9 Å². The molecule has 14 heavy (non-hydrogen) atoms. The van der Waals surface area contributed by atoms with Crippen molar-refractivity contribution in [1.29, 1.82) is 0 Å². The van der Waals surface area contributed by atoms with Crippen LogP contribution in [0, 0.1) is 0 Å². The zero-order chi connectivity index (χ0) is 9.97. The van der Waals surface area contributed by atoms with Crippen LogP contribution in [0.25, 0.3) is 11.4 Å². The van der Waals surface area contributed by atoms with E-state index in [4.69, 9.17) is 0 Å². The van der Waals surface area contributed by atoms with Gasteiger partial charge in [-0.25, -0.2) is 0 Å². The van der Waals surface area contributed by atoms with Gasteiger partial charge < -0.3 is 10.3 Å². The first-order valence-electron chi connectivity index (χ1n) is 4.62. The minimum absolute atomic E-state index is 0.836. The number of nitrogens with zero attached hydrogens (tertiary/aromatic N) is 2. The second-order valence-electron chi connectivity index (χ2n) is 3.29. The summed E-state index contributed by atoms with van der Waals surface area (Å²) in [7, 11) is 3.87. The van der Waals surface area contributed by atoms with Gasteiger partial charge in [-0.3, -0.25) is 4.68 Å². The highest BCUT2D eigenvalue weighted by molar-refractivity contribution is 5.58. The monoisotopic (exact) mass is 190 g/mol. The lowest BCUT2D eigenvalue weighted by atomic mass is 10.2. The fourth-order valence-corrected chi connectivity index (χ4v) is 1.56. The lowest BCUT2D eigenvalue weighted by Crippen LogP contribution is -2.05. The van der Waals surface area contributed by atoms with Crippen LogP contribution in [0.5, 0.6) is 0 Å². The van der Waals surface area contributed by atoms with Crippen LogP contribution >= 0.6 is 0 Å². The highest BCUT2D eigenvalue weighted by atomic mass is 15.3. The van der Waals surface area contributed by atoms with E-state index < -0.39 is 0 Å². The molecule has 74 valence electrons. The van der Waals surface area contributed by atoms with Crippen molar-refractivity contribution in [2.45, 2.75) is 6.54 Å². The summed E-state index contributed by atoms with van der Waals surface area (Å²) >= 11 is 0. The van der Waals surface area contributed by atoms with Crippen LogP contribution in [0.15, 0.2) is 24.5 Å². The zero-order valence-corrected chi connectivity index (χ0v) is 8.41. The number of aromatic nitrogens is 3. The largest absolute Gasteiger partial charge is 0.360 e. The molecule has 2 aromatic rings. The molecule has 0 saturated heterocycles. The Hall–Kier alpha value is -1.55. The molecule has 0 saturated carbocycles. The fraction of sp³-hybridized carbons (Fsp3) is 0.300. The van der Waals surface area contributed by atoms with Crippen LogP contribution in [-0.2, 0) is 13.6 Å². The zero-order valence-electron chi connectivity index (χ0n) is 8.41. The minimum atomic E-state index is 0.836. The van der Waals surface area contributed by atoms with E-state index in [-0.39, 0.29) is 0 Å². The first-order chi connectivity index (χ1) is 6.81. The molecule has 2 N–H and O–H groups in total. The predicted molar refractivity (Wildman–Crippen MR) is 55.8 cm³/mol. The van der Waals surface area contributed by atoms with E-state index in [2.05, 4.69) is 15.4 Å². The molecular weight excluding hydrogens is 176 g/mol. The van der Waals surface area contributed by atoms with Crippen molar-refractivity contribution in [2.24, 2.45) is 7.05 Å². The molecule has 0 aromatic carbocycles. The Morgan fingerprint density at radius 2 is 2.43 bits per heavy atom. The van der Waals surface area contributed by atoms with Gasteiger partial charge in [-0.1, -0.05) is 0 Å². The van der Waals surface area contributed by atoms with E-state index in [1.807, 2.05) is 43.3 Å². The lowest BCUT2D eigenvalue weighted by molar-refractivity contribution is 0.765. The molecule has 0 fully saturated rings. The normalized spacial score (nSPS) is 10.7. The van der Waals surface area contributed by atoms with Crippen LogP contribution in [0.1, 0.15) is 5.56 Å². The van der Waals surface area contributed by atoms with Gasteiger partial charge in [0.15, 0.2) is 0 Å². The molecular formula is C10H14N4. The molecule has 2 rings (SSSR count). The van der Waals surface area contributed by atoms with E-state index in [0.29, 0.717) is 0 Å². The summed E-state index contributed by atoms with van der Waals surface area (Å²) in [4.78, 5) is 3.16. The minimum Gasteiger partial charge on any atom is -0.360 e. The molecule has 4 heteroatoms. The maximum absolute atomic E-state index is 4.42. The van der Waals surface area contributed by atoms with Gasteiger partial charge in [0.2, 0.25) is 0 Å². The van der Waals surface area contributed by atoms with Gasteiger partial charge in [-0.2, -0.15) is 5.10 Å². The van der Waals surface area contributed by atoms with Crippen LogP contribution in [-0.4, -0.2) is 21.8 Å². The number of aromatic amines is 1. The van der Waals surface area contributed by atoms with E-state index in [1.54, 1.807) is 0 Å². The molecule has 0 unspecified atom stereocenters. The Balaban J connectivity index is 2.41. The molecule has 4 nitrogen and oxygen atoms in total. The number of nitrogens with one attached hydrogen (secondary N) is 2. The van der Waals surface area contributed by atoms with Crippen molar-refractivity contribution < 1.29 is 0 Å². The molecule has 2 aromatic heterocycles. The van der Waals surface area contributed by atoms with Crippen LogP contribution in [0.2, 0.25) is 0 Å². The summed E-state index contributed by atoms with van der Waals surface area (Å²) in [5.41, 5.74) is 3.29. The van der Waals surface area contributed by atoms with E-state index in [1.165, 1.54) is 5.56 Å². The van der Waals surface area contributed by atoms with E-state index in [0.717, 1.165) is 17.9 Å². The average Bonchev–Trinajstić information content (AvgIpc) is 2.74. The quantitative estimate of drug-likeness (QED) is 0.762. The molecule has 0 atom stereocenters. The smallest absolute Gasteiger partial charge is 0.113 e. The number of H-pyrrole nitrogens is 1. The summed E-state index contributed by atoms with van der Waals surface area (Å²) in [6, 6.07) is 4.01. The molecule has 0 aliphatic rings. The Morgan fingerprint density at radius 1 is 1.57 bits per heavy atom. The molecule has 0 bridgehead atoms. The van der Waals surface area contributed by atoms with E-state index >= 15 is 0 Å². The van der Waals surface area contributed by atoms with Gasteiger partial charge >= 0.3 is 0 Å². The van der Waals surface area contributed by atoms with Crippen LogP contribution < -0.4 is 5.32 Å². The third kappa shape index (κ3) is 1.56. The summed E-state index contributed by atoms with van der Waals surface area (Å²) in [6.07, 6.45) is 3.94.